The minimum atomic E-state index is 0.753. The molecule has 0 aliphatic carbocycles. The molecule has 0 saturated carbocycles. The van der Waals surface area contributed by atoms with Crippen LogP contribution in [0.15, 0.2) is 30.3 Å². The molecule has 0 heterocycles. The fourth-order valence-electron chi connectivity index (χ4n) is 2.22. The molecule has 0 bridgehead atoms. The number of nitrogens with one attached hydrogen (secondary N) is 1. The van der Waals surface area contributed by atoms with Crippen LogP contribution in [0.4, 0.5) is 0 Å². The minimum absolute atomic E-state index is 0.753. The van der Waals surface area contributed by atoms with Crippen LogP contribution >= 0.6 is 0 Å². The Balaban J connectivity index is 2.34. The summed E-state index contributed by atoms with van der Waals surface area (Å²) in [6, 6.07) is 10.6. The molecule has 1 aromatic rings. The molecule has 1 aromatic carbocycles. The van der Waals surface area contributed by atoms with E-state index in [1.807, 2.05) is 0 Å². The lowest BCUT2D eigenvalue weighted by atomic mass is 9.85. The highest BCUT2D eigenvalue weighted by Crippen LogP contribution is 2.19. The molecule has 0 saturated heterocycles. The van der Waals surface area contributed by atoms with Crippen molar-refractivity contribution in [1.29, 1.82) is 0 Å². The van der Waals surface area contributed by atoms with Crippen LogP contribution in [0.2, 0.25) is 0 Å². The summed E-state index contributed by atoms with van der Waals surface area (Å²) in [5.74, 6) is 2.27. The quantitative estimate of drug-likeness (QED) is 0.769. The fourth-order valence-corrected chi connectivity index (χ4v) is 2.22. The third-order valence-corrected chi connectivity index (χ3v) is 3.26. The first-order valence-corrected chi connectivity index (χ1v) is 6.36. The van der Waals surface area contributed by atoms with E-state index in [0.717, 1.165) is 30.8 Å². The number of benzene rings is 1. The molecule has 0 aromatic heterocycles. The van der Waals surface area contributed by atoms with Crippen molar-refractivity contribution in [2.75, 3.05) is 6.54 Å². The summed E-state index contributed by atoms with van der Waals surface area (Å²) in [7, 11) is 0. The van der Waals surface area contributed by atoms with Crippen molar-refractivity contribution >= 4 is 0 Å². The molecule has 0 spiro atoms. The molecule has 0 aliphatic heterocycles. The highest BCUT2D eigenvalue weighted by Gasteiger charge is 2.16. The highest BCUT2D eigenvalue weighted by molar-refractivity contribution is 5.14. The molecule has 0 fully saturated rings. The van der Waals surface area contributed by atoms with Gasteiger partial charge < -0.3 is 5.32 Å². The summed E-state index contributed by atoms with van der Waals surface area (Å²) in [6.07, 6.45) is 0. The molecule has 1 heteroatoms. The van der Waals surface area contributed by atoms with Gasteiger partial charge in [0, 0.05) is 6.54 Å². The van der Waals surface area contributed by atoms with Crippen LogP contribution in [-0.4, -0.2) is 6.54 Å². The second-order valence-electron chi connectivity index (χ2n) is 5.27. The van der Waals surface area contributed by atoms with Gasteiger partial charge in [-0.25, -0.2) is 0 Å². The highest BCUT2D eigenvalue weighted by atomic mass is 14.9. The van der Waals surface area contributed by atoms with Gasteiger partial charge in [-0.3, -0.25) is 0 Å². The van der Waals surface area contributed by atoms with E-state index in [-0.39, 0.29) is 0 Å². The number of rotatable bonds is 6. The van der Waals surface area contributed by atoms with E-state index in [1.54, 1.807) is 0 Å². The third kappa shape index (κ3) is 4.36. The van der Waals surface area contributed by atoms with Crippen LogP contribution in [0.5, 0.6) is 0 Å². The topological polar surface area (TPSA) is 12.0 Å². The van der Waals surface area contributed by atoms with E-state index in [1.165, 1.54) is 5.56 Å². The lowest BCUT2D eigenvalue weighted by molar-refractivity contribution is 0.275. The molecular formula is C15H25N. The van der Waals surface area contributed by atoms with Crippen molar-refractivity contribution in [2.45, 2.75) is 34.2 Å². The molecule has 0 atom stereocenters. The molecule has 0 radical (unpaired) electrons. The van der Waals surface area contributed by atoms with Gasteiger partial charge >= 0.3 is 0 Å². The van der Waals surface area contributed by atoms with Gasteiger partial charge in [-0.2, -0.15) is 0 Å². The van der Waals surface area contributed by atoms with E-state index >= 15 is 0 Å². The Morgan fingerprint density at radius 1 is 0.938 bits per heavy atom. The van der Waals surface area contributed by atoms with Crippen LogP contribution in [0.3, 0.4) is 0 Å². The number of hydrogen-bond acceptors (Lipinski definition) is 1. The van der Waals surface area contributed by atoms with Crippen molar-refractivity contribution in [3.63, 3.8) is 0 Å². The van der Waals surface area contributed by atoms with Gasteiger partial charge in [0.1, 0.15) is 0 Å². The third-order valence-electron chi connectivity index (χ3n) is 3.26. The summed E-state index contributed by atoms with van der Waals surface area (Å²) in [5.41, 5.74) is 1.37. The second-order valence-corrected chi connectivity index (χ2v) is 5.27. The molecular weight excluding hydrogens is 194 g/mol. The Bertz CT molecular complexity index is 269. The van der Waals surface area contributed by atoms with Crippen LogP contribution in [0.25, 0.3) is 0 Å². The predicted molar refractivity (Wildman–Crippen MR) is 71.3 cm³/mol. The molecule has 1 nitrogen and oxygen atoms in total. The van der Waals surface area contributed by atoms with E-state index in [2.05, 4.69) is 63.3 Å². The molecule has 16 heavy (non-hydrogen) atoms. The molecule has 0 aliphatic rings. The van der Waals surface area contributed by atoms with Crippen LogP contribution < -0.4 is 5.32 Å². The zero-order valence-electron chi connectivity index (χ0n) is 11.0. The van der Waals surface area contributed by atoms with Crippen molar-refractivity contribution in [3.05, 3.63) is 35.9 Å². The van der Waals surface area contributed by atoms with Crippen molar-refractivity contribution in [1.82, 2.24) is 5.32 Å². The summed E-state index contributed by atoms with van der Waals surface area (Å²) in [6.45, 7) is 11.4. The normalized spacial score (nSPS) is 11.7. The van der Waals surface area contributed by atoms with Gasteiger partial charge in [0.2, 0.25) is 0 Å². The Kier molecular flexibility index (Phi) is 5.54. The first-order chi connectivity index (χ1) is 7.61. The summed E-state index contributed by atoms with van der Waals surface area (Å²) >= 11 is 0. The largest absolute Gasteiger partial charge is 0.312 e. The van der Waals surface area contributed by atoms with Gasteiger partial charge in [-0.05, 0) is 29.9 Å². The van der Waals surface area contributed by atoms with Crippen molar-refractivity contribution < 1.29 is 0 Å². The first-order valence-electron chi connectivity index (χ1n) is 6.36. The monoisotopic (exact) mass is 219 g/mol. The van der Waals surface area contributed by atoms with Crippen LogP contribution in [0, 0.1) is 17.8 Å². The Morgan fingerprint density at radius 2 is 1.50 bits per heavy atom. The summed E-state index contributed by atoms with van der Waals surface area (Å²) in [5, 5.41) is 3.56. The lowest BCUT2D eigenvalue weighted by Crippen LogP contribution is -2.29. The van der Waals surface area contributed by atoms with E-state index < -0.39 is 0 Å². The standard InChI is InChI=1S/C15H25N/c1-12(2)15(13(3)4)11-16-10-14-8-6-5-7-9-14/h5-9,12-13,15-16H,10-11H2,1-4H3. The first kappa shape index (κ1) is 13.2. The van der Waals surface area contributed by atoms with Gasteiger partial charge in [0.05, 0.1) is 0 Å². The molecule has 1 rings (SSSR count). The van der Waals surface area contributed by atoms with E-state index in [4.69, 9.17) is 0 Å². The molecule has 1 N–H and O–H groups in total. The maximum Gasteiger partial charge on any atom is 0.0205 e. The van der Waals surface area contributed by atoms with Gasteiger partial charge in [-0.1, -0.05) is 58.0 Å². The van der Waals surface area contributed by atoms with Crippen LogP contribution in [0.1, 0.15) is 33.3 Å². The number of hydrogen-bond donors (Lipinski definition) is 1. The average molecular weight is 219 g/mol. The average Bonchev–Trinajstić information content (AvgIpc) is 2.24. The predicted octanol–water partition coefficient (Wildman–Crippen LogP) is 3.70. The van der Waals surface area contributed by atoms with Crippen molar-refractivity contribution in [2.24, 2.45) is 17.8 Å². The maximum atomic E-state index is 3.56. The Morgan fingerprint density at radius 3 is 2.00 bits per heavy atom. The summed E-state index contributed by atoms with van der Waals surface area (Å²) < 4.78 is 0. The van der Waals surface area contributed by atoms with Gasteiger partial charge in [0.25, 0.3) is 0 Å². The molecule has 90 valence electrons. The van der Waals surface area contributed by atoms with Gasteiger partial charge in [-0.15, -0.1) is 0 Å². The molecule has 0 amide bonds. The van der Waals surface area contributed by atoms with Crippen LogP contribution in [-0.2, 0) is 6.54 Å². The van der Waals surface area contributed by atoms with E-state index in [9.17, 15) is 0 Å². The zero-order chi connectivity index (χ0) is 12.0. The maximum absolute atomic E-state index is 3.56. The van der Waals surface area contributed by atoms with Crippen molar-refractivity contribution in [3.8, 4) is 0 Å². The zero-order valence-corrected chi connectivity index (χ0v) is 11.0. The Labute approximate surface area is 100 Å². The van der Waals surface area contributed by atoms with Gasteiger partial charge in [0.15, 0.2) is 0 Å². The molecule has 0 unspecified atom stereocenters. The smallest absolute Gasteiger partial charge is 0.0205 e. The fraction of sp³-hybridized carbons (Fsp3) is 0.600. The SMILES string of the molecule is CC(C)C(CNCc1ccccc1)C(C)C. The summed E-state index contributed by atoms with van der Waals surface area (Å²) in [4.78, 5) is 0. The second kappa shape index (κ2) is 6.70. The lowest BCUT2D eigenvalue weighted by Gasteiger charge is -2.25. The van der Waals surface area contributed by atoms with E-state index in [0.29, 0.717) is 0 Å². The Hall–Kier alpha value is -0.820. The minimum Gasteiger partial charge on any atom is -0.312 e.